The van der Waals surface area contributed by atoms with Gasteiger partial charge in [-0.25, -0.2) is 13.4 Å². The zero-order chi connectivity index (χ0) is 15.5. The van der Waals surface area contributed by atoms with Gasteiger partial charge in [0, 0.05) is 19.2 Å². The number of nitrogens with zero attached hydrogens (tertiary/aromatic N) is 3. The van der Waals surface area contributed by atoms with Gasteiger partial charge in [0.25, 0.3) is 0 Å². The van der Waals surface area contributed by atoms with Crippen LogP contribution in [-0.2, 0) is 22.8 Å². The zero-order valence-electron chi connectivity index (χ0n) is 12.0. The fraction of sp³-hybridized carbons (Fsp3) is 0.385. The number of aryl methyl sites for hydroxylation is 1. The van der Waals surface area contributed by atoms with Gasteiger partial charge in [0.15, 0.2) is 9.84 Å². The molecule has 0 amide bonds. The number of rotatable bonds is 6. The molecule has 0 radical (unpaired) electrons. The van der Waals surface area contributed by atoms with Gasteiger partial charge in [-0.3, -0.25) is 16.0 Å². The van der Waals surface area contributed by atoms with Crippen molar-refractivity contribution in [3.05, 3.63) is 42.0 Å². The maximum Gasteiger partial charge on any atom is 0.175 e. The van der Waals surface area contributed by atoms with Gasteiger partial charge in [-0.15, -0.1) is 0 Å². The topological polar surface area (TPSA) is 103 Å². The van der Waals surface area contributed by atoms with E-state index >= 15 is 0 Å². The van der Waals surface area contributed by atoms with E-state index in [2.05, 4.69) is 15.5 Å². The molecule has 0 fully saturated rings. The molecule has 0 aliphatic carbocycles. The summed E-state index contributed by atoms with van der Waals surface area (Å²) >= 11 is 0. The van der Waals surface area contributed by atoms with Crippen molar-refractivity contribution < 1.29 is 8.42 Å². The Morgan fingerprint density at radius 1 is 1.43 bits per heavy atom. The lowest BCUT2D eigenvalue weighted by molar-refractivity contribution is 0.509. The van der Waals surface area contributed by atoms with Crippen molar-refractivity contribution in [1.29, 1.82) is 0 Å². The molecule has 7 nitrogen and oxygen atoms in total. The van der Waals surface area contributed by atoms with Crippen molar-refractivity contribution >= 4 is 9.84 Å². The van der Waals surface area contributed by atoms with E-state index in [4.69, 9.17) is 5.84 Å². The lowest BCUT2D eigenvalue weighted by Gasteiger charge is -2.16. The molecular formula is C13H19N5O2S. The van der Waals surface area contributed by atoms with Crippen LogP contribution in [0.4, 0.5) is 0 Å². The number of benzene rings is 1. The standard InChI is InChI=1S/C13H19N5O2S/c1-3-18-13(15-9-16-18)8-12(17-14)10-5-4-6-11(7-10)21(2,19)20/h4-7,9,12,17H,3,8,14H2,1-2H3. The Morgan fingerprint density at radius 3 is 2.81 bits per heavy atom. The van der Waals surface area contributed by atoms with Gasteiger partial charge in [0.1, 0.15) is 12.2 Å². The summed E-state index contributed by atoms with van der Waals surface area (Å²) < 4.78 is 25.1. The average molecular weight is 309 g/mol. The van der Waals surface area contributed by atoms with Crippen molar-refractivity contribution in [2.75, 3.05) is 6.26 Å². The molecule has 1 heterocycles. The molecule has 0 aliphatic rings. The largest absolute Gasteiger partial charge is 0.271 e. The lowest BCUT2D eigenvalue weighted by Crippen LogP contribution is -2.30. The molecule has 2 rings (SSSR count). The SMILES string of the molecule is CCn1ncnc1CC(NN)c1cccc(S(C)(=O)=O)c1. The summed E-state index contributed by atoms with van der Waals surface area (Å²) in [6.07, 6.45) is 3.21. The molecule has 8 heteroatoms. The van der Waals surface area contributed by atoms with Crippen LogP contribution in [0, 0.1) is 0 Å². The fourth-order valence-corrected chi connectivity index (χ4v) is 2.80. The van der Waals surface area contributed by atoms with Crippen LogP contribution in [-0.4, -0.2) is 29.4 Å². The first-order valence-corrected chi connectivity index (χ1v) is 8.47. The van der Waals surface area contributed by atoms with E-state index in [0.29, 0.717) is 6.42 Å². The number of aromatic nitrogens is 3. The highest BCUT2D eigenvalue weighted by Crippen LogP contribution is 2.20. The van der Waals surface area contributed by atoms with Gasteiger partial charge in [-0.1, -0.05) is 12.1 Å². The van der Waals surface area contributed by atoms with E-state index in [1.165, 1.54) is 12.6 Å². The molecule has 0 saturated carbocycles. The monoisotopic (exact) mass is 309 g/mol. The quantitative estimate of drug-likeness (QED) is 0.593. The van der Waals surface area contributed by atoms with Gasteiger partial charge >= 0.3 is 0 Å². The van der Waals surface area contributed by atoms with E-state index < -0.39 is 9.84 Å². The molecule has 21 heavy (non-hydrogen) atoms. The first kappa shape index (κ1) is 15.6. The van der Waals surface area contributed by atoms with E-state index in [1.807, 2.05) is 13.0 Å². The van der Waals surface area contributed by atoms with Gasteiger partial charge in [-0.05, 0) is 24.6 Å². The highest BCUT2D eigenvalue weighted by molar-refractivity contribution is 7.90. The molecular weight excluding hydrogens is 290 g/mol. The van der Waals surface area contributed by atoms with Crippen molar-refractivity contribution in [2.45, 2.75) is 30.8 Å². The molecule has 114 valence electrons. The summed E-state index contributed by atoms with van der Waals surface area (Å²) in [6, 6.07) is 6.51. The summed E-state index contributed by atoms with van der Waals surface area (Å²) in [6.45, 7) is 2.70. The average Bonchev–Trinajstić information content (AvgIpc) is 2.91. The summed E-state index contributed by atoms with van der Waals surface area (Å²) in [5.41, 5.74) is 3.51. The number of nitrogens with one attached hydrogen (secondary N) is 1. The lowest BCUT2D eigenvalue weighted by atomic mass is 10.0. The highest BCUT2D eigenvalue weighted by Gasteiger charge is 2.16. The minimum Gasteiger partial charge on any atom is -0.271 e. The minimum absolute atomic E-state index is 0.235. The Kier molecular flexibility index (Phi) is 4.71. The van der Waals surface area contributed by atoms with Crippen LogP contribution >= 0.6 is 0 Å². The molecule has 0 saturated heterocycles. The predicted molar refractivity (Wildman–Crippen MR) is 79.0 cm³/mol. The Bertz CT molecular complexity index is 711. The number of sulfone groups is 1. The number of nitrogens with two attached hydrogens (primary N) is 1. The summed E-state index contributed by atoms with van der Waals surface area (Å²) in [5.74, 6) is 6.41. The van der Waals surface area contributed by atoms with E-state index in [0.717, 1.165) is 17.9 Å². The summed E-state index contributed by atoms with van der Waals surface area (Å²) in [7, 11) is -3.24. The van der Waals surface area contributed by atoms with Crippen LogP contribution in [0.15, 0.2) is 35.5 Å². The molecule has 0 spiro atoms. The van der Waals surface area contributed by atoms with Crippen LogP contribution in [0.25, 0.3) is 0 Å². The summed E-state index contributed by atoms with van der Waals surface area (Å²) in [4.78, 5) is 4.48. The third-order valence-corrected chi connectivity index (χ3v) is 4.38. The van der Waals surface area contributed by atoms with E-state index in [1.54, 1.807) is 22.9 Å². The Morgan fingerprint density at radius 2 is 2.19 bits per heavy atom. The Hall–Kier alpha value is -1.77. The Balaban J connectivity index is 2.30. The second kappa shape index (κ2) is 6.33. The van der Waals surface area contributed by atoms with Crippen molar-refractivity contribution in [1.82, 2.24) is 20.2 Å². The van der Waals surface area contributed by atoms with Crippen LogP contribution in [0.2, 0.25) is 0 Å². The smallest absolute Gasteiger partial charge is 0.175 e. The van der Waals surface area contributed by atoms with Crippen molar-refractivity contribution in [3.63, 3.8) is 0 Å². The maximum atomic E-state index is 11.6. The second-order valence-corrected chi connectivity index (χ2v) is 6.78. The maximum absolute atomic E-state index is 11.6. The van der Waals surface area contributed by atoms with Crippen LogP contribution in [0.1, 0.15) is 24.4 Å². The molecule has 2 aromatic rings. The molecule has 0 bridgehead atoms. The van der Waals surface area contributed by atoms with Gasteiger partial charge in [0.2, 0.25) is 0 Å². The number of hydrazine groups is 1. The highest BCUT2D eigenvalue weighted by atomic mass is 32.2. The minimum atomic E-state index is -3.24. The predicted octanol–water partition coefficient (Wildman–Crippen LogP) is 0.449. The van der Waals surface area contributed by atoms with Gasteiger partial charge < -0.3 is 0 Å². The van der Waals surface area contributed by atoms with Crippen molar-refractivity contribution in [2.24, 2.45) is 5.84 Å². The normalized spacial score (nSPS) is 13.3. The molecule has 1 unspecified atom stereocenters. The molecule has 1 atom stereocenters. The molecule has 0 aliphatic heterocycles. The molecule has 1 aromatic carbocycles. The first-order chi connectivity index (χ1) is 9.95. The summed E-state index contributed by atoms with van der Waals surface area (Å²) in [5, 5.41) is 4.11. The number of hydrogen-bond acceptors (Lipinski definition) is 6. The van der Waals surface area contributed by atoms with E-state index in [9.17, 15) is 8.42 Å². The van der Waals surface area contributed by atoms with Crippen LogP contribution < -0.4 is 11.3 Å². The zero-order valence-corrected chi connectivity index (χ0v) is 12.8. The second-order valence-electron chi connectivity index (χ2n) is 4.76. The third kappa shape index (κ3) is 3.66. The van der Waals surface area contributed by atoms with Gasteiger partial charge in [0.05, 0.1) is 10.9 Å². The van der Waals surface area contributed by atoms with E-state index in [-0.39, 0.29) is 10.9 Å². The molecule has 1 aromatic heterocycles. The van der Waals surface area contributed by atoms with Gasteiger partial charge in [-0.2, -0.15) is 5.10 Å². The molecule has 3 N–H and O–H groups in total. The fourth-order valence-electron chi connectivity index (χ4n) is 2.13. The Labute approximate surface area is 124 Å². The van der Waals surface area contributed by atoms with Crippen LogP contribution in [0.5, 0.6) is 0 Å². The van der Waals surface area contributed by atoms with Crippen LogP contribution in [0.3, 0.4) is 0 Å². The first-order valence-electron chi connectivity index (χ1n) is 6.58. The number of hydrogen-bond donors (Lipinski definition) is 2. The van der Waals surface area contributed by atoms with Crippen molar-refractivity contribution in [3.8, 4) is 0 Å². The third-order valence-electron chi connectivity index (χ3n) is 3.27.